The molecule has 176 valence electrons. The molecular weight excluding hydrogens is 416 g/mol. The van der Waals surface area contributed by atoms with Crippen molar-refractivity contribution in [3.05, 3.63) is 30.3 Å². The molecular formula is C22H32N4O6. The van der Waals surface area contributed by atoms with Crippen LogP contribution in [0.15, 0.2) is 30.3 Å². The third kappa shape index (κ3) is 5.32. The largest absolute Gasteiger partial charge is 0.388 e. The fourth-order valence-corrected chi connectivity index (χ4v) is 4.38. The summed E-state index contributed by atoms with van der Waals surface area (Å²) in [4.78, 5) is 30.7. The normalized spacial score (nSPS) is 28.6. The van der Waals surface area contributed by atoms with Gasteiger partial charge in [0.05, 0.1) is 25.7 Å². The Hall–Kier alpha value is -2.40. The highest BCUT2D eigenvalue weighted by Crippen LogP contribution is 2.25. The van der Waals surface area contributed by atoms with Gasteiger partial charge in [0.15, 0.2) is 0 Å². The minimum absolute atomic E-state index is 0.00251. The molecule has 4 unspecified atom stereocenters. The number of carbonyl (C=O) groups excluding carboxylic acids is 2. The summed E-state index contributed by atoms with van der Waals surface area (Å²) in [6, 6.07) is 9.83. The maximum absolute atomic E-state index is 12.8. The van der Waals surface area contributed by atoms with Gasteiger partial charge in [-0.3, -0.25) is 4.79 Å². The smallest absolute Gasteiger partial charge is 0.317 e. The van der Waals surface area contributed by atoms with Gasteiger partial charge in [0.1, 0.15) is 18.3 Å². The Bertz CT molecular complexity index is 767. The van der Waals surface area contributed by atoms with Crippen LogP contribution in [-0.2, 0) is 14.3 Å². The lowest BCUT2D eigenvalue weighted by Crippen LogP contribution is -2.49. The Morgan fingerprint density at radius 3 is 2.25 bits per heavy atom. The van der Waals surface area contributed by atoms with Crippen molar-refractivity contribution in [2.45, 2.75) is 30.8 Å². The standard InChI is InChI=1S/C22H32N4O6/c27-19(25-8-6-24(7-9-25)16-4-2-1-3-5-16)14-17-20(28)21(29)18(32-17)15-23-22(30)26-10-12-31-13-11-26/h1-5,17-18,20-21,28-29H,6-15H2,(H,23,30). The quantitative estimate of drug-likeness (QED) is 0.543. The van der Waals surface area contributed by atoms with Crippen LogP contribution in [-0.4, -0.2) is 115 Å². The number of ether oxygens (including phenoxy) is 2. The molecule has 32 heavy (non-hydrogen) atoms. The Kier molecular flexibility index (Phi) is 7.46. The van der Waals surface area contributed by atoms with E-state index < -0.39 is 24.4 Å². The Morgan fingerprint density at radius 2 is 1.56 bits per heavy atom. The first-order chi connectivity index (χ1) is 15.5. The van der Waals surface area contributed by atoms with E-state index in [-0.39, 0.29) is 24.9 Å². The van der Waals surface area contributed by atoms with Crippen LogP contribution in [0, 0.1) is 0 Å². The van der Waals surface area contributed by atoms with Crippen LogP contribution in [0.4, 0.5) is 10.5 Å². The van der Waals surface area contributed by atoms with Crippen molar-refractivity contribution in [2.24, 2.45) is 0 Å². The predicted molar refractivity (Wildman–Crippen MR) is 116 cm³/mol. The first-order valence-electron chi connectivity index (χ1n) is 11.2. The molecule has 0 radical (unpaired) electrons. The van der Waals surface area contributed by atoms with E-state index in [1.165, 1.54) is 0 Å². The molecule has 10 nitrogen and oxygen atoms in total. The maximum Gasteiger partial charge on any atom is 0.317 e. The summed E-state index contributed by atoms with van der Waals surface area (Å²) in [5.74, 6) is -0.105. The van der Waals surface area contributed by atoms with Crippen molar-refractivity contribution in [2.75, 3.05) is 63.9 Å². The second-order valence-corrected chi connectivity index (χ2v) is 8.39. The summed E-state index contributed by atoms with van der Waals surface area (Å²) in [6.45, 7) is 4.75. The number of rotatable bonds is 5. The molecule has 4 rings (SSSR count). The number of amides is 3. The number of carbonyl (C=O) groups is 2. The number of nitrogens with one attached hydrogen (secondary N) is 1. The highest BCUT2D eigenvalue weighted by atomic mass is 16.5. The summed E-state index contributed by atoms with van der Waals surface area (Å²) in [7, 11) is 0. The number of anilines is 1. The molecule has 3 amide bonds. The van der Waals surface area contributed by atoms with Gasteiger partial charge in [0, 0.05) is 51.5 Å². The lowest BCUT2D eigenvalue weighted by atomic mass is 10.0. The van der Waals surface area contributed by atoms with E-state index in [9.17, 15) is 19.8 Å². The zero-order valence-electron chi connectivity index (χ0n) is 18.1. The van der Waals surface area contributed by atoms with E-state index in [0.717, 1.165) is 18.8 Å². The summed E-state index contributed by atoms with van der Waals surface area (Å²) < 4.78 is 11.0. The fraction of sp³-hybridized carbons (Fsp3) is 0.636. The Morgan fingerprint density at radius 1 is 0.906 bits per heavy atom. The first kappa shape index (κ1) is 22.8. The molecule has 0 spiro atoms. The molecule has 0 aliphatic carbocycles. The number of morpholine rings is 1. The number of para-hydroxylation sites is 1. The average molecular weight is 449 g/mol. The monoisotopic (exact) mass is 448 g/mol. The van der Waals surface area contributed by atoms with Crippen LogP contribution in [0.25, 0.3) is 0 Å². The van der Waals surface area contributed by atoms with Crippen molar-refractivity contribution in [3.63, 3.8) is 0 Å². The molecule has 3 aliphatic rings. The third-order valence-electron chi connectivity index (χ3n) is 6.34. The van der Waals surface area contributed by atoms with Crippen molar-refractivity contribution < 1.29 is 29.3 Å². The molecule has 0 aromatic heterocycles. The number of nitrogens with zero attached hydrogens (tertiary/aromatic N) is 3. The zero-order chi connectivity index (χ0) is 22.5. The lowest BCUT2D eigenvalue weighted by Gasteiger charge is -2.36. The number of urea groups is 1. The van der Waals surface area contributed by atoms with Gasteiger partial charge in [0.2, 0.25) is 5.91 Å². The molecule has 10 heteroatoms. The van der Waals surface area contributed by atoms with Gasteiger partial charge in [-0.25, -0.2) is 4.79 Å². The molecule has 3 heterocycles. The van der Waals surface area contributed by atoms with Crippen LogP contribution in [0.2, 0.25) is 0 Å². The zero-order valence-corrected chi connectivity index (χ0v) is 18.1. The molecule has 4 atom stereocenters. The van der Waals surface area contributed by atoms with E-state index in [1.807, 2.05) is 18.2 Å². The van der Waals surface area contributed by atoms with Gasteiger partial charge < -0.3 is 39.7 Å². The van der Waals surface area contributed by atoms with Crippen molar-refractivity contribution in [3.8, 4) is 0 Å². The molecule has 0 saturated carbocycles. The Labute approximate surface area is 187 Å². The second kappa shape index (κ2) is 10.5. The fourth-order valence-electron chi connectivity index (χ4n) is 4.38. The number of hydrogen-bond acceptors (Lipinski definition) is 7. The maximum atomic E-state index is 12.8. The van der Waals surface area contributed by atoms with E-state index in [2.05, 4.69) is 22.3 Å². The topological polar surface area (TPSA) is 115 Å². The minimum Gasteiger partial charge on any atom is -0.388 e. The number of aliphatic hydroxyl groups excluding tert-OH is 2. The SMILES string of the molecule is O=C(CC1OC(CNC(=O)N2CCOCC2)C(O)C1O)N1CCN(c2ccccc2)CC1. The van der Waals surface area contributed by atoms with Crippen molar-refractivity contribution >= 4 is 17.6 Å². The van der Waals surface area contributed by atoms with Gasteiger partial charge in [-0.1, -0.05) is 18.2 Å². The van der Waals surface area contributed by atoms with Crippen LogP contribution < -0.4 is 10.2 Å². The second-order valence-electron chi connectivity index (χ2n) is 8.39. The molecule has 3 N–H and O–H groups in total. The number of benzene rings is 1. The van der Waals surface area contributed by atoms with E-state index in [1.54, 1.807) is 9.80 Å². The van der Waals surface area contributed by atoms with E-state index in [0.29, 0.717) is 39.4 Å². The Balaban J connectivity index is 1.22. The summed E-state index contributed by atoms with van der Waals surface area (Å²) >= 11 is 0. The highest BCUT2D eigenvalue weighted by molar-refractivity contribution is 5.77. The number of aliphatic hydroxyl groups is 2. The lowest BCUT2D eigenvalue weighted by molar-refractivity contribution is -0.135. The summed E-state index contributed by atoms with van der Waals surface area (Å²) in [5, 5.41) is 23.5. The minimum atomic E-state index is -1.17. The van der Waals surface area contributed by atoms with Gasteiger partial charge >= 0.3 is 6.03 Å². The van der Waals surface area contributed by atoms with Gasteiger partial charge in [-0.15, -0.1) is 0 Å². The van der Waals surface area contributed by atoms with Crippen LogP contribution in [0.5, 0.6) is 0 Å². The van der Waals surface area contributed by atoms with E-state index in [4.69, 9.17) is 9.47 Å². The average Bonchev–Trinajstić information content (AvgIpc) is 3.11. The van der Waals surface area contributed by atoms with Gasteiger partial charge in [-0.2, -0.15) is 0 Å². The summed E-state index contributed by atoms with van der Waals surface area (Å²) in [5.41, 5.74) is 1.14. The van der Waals surface area contributed by atoms with Crippen molar-refractivity contribution in [1.82, 2.24) is 15.1 Å². The highest BCUT2D eigenvalue weighted by Gasteiger charge is 2.44. The molecule has 0 bridgehead atoms. The molecule has 3 saturated heterocycles. The van der Waals surface area contributed by atoms with E-state index >= 15 is 0 Å². The molecule has 3 aliphatic heterocycles. The molecule has 3 fully saturated rings. The summed E-state index contributed by atoms with van der Waals surface area (Å²) in [6.07, 6.45) is -3.89. The van der Waals surface area contributed by atoms with Crippen LogP contribution in [0.1, 0.15) is 6.42 Å². The molecule has 1 aromatic carbocycles. The number of hydrogen-bond donors (Lipinski definition) is 3. The molecule has 1 aromatic rings. The predicted octanol–water partition coefficient (Wildman–Crippen LogP) is -0.744. The van der Waals surface area contributed by atoms with Crippen molar-refractivity contribution in [1.29, 1.82) is 0 Å². The van der Waals surface area contributed by atoms with Gasteiger partial charge in [0.25, 0.3) is 0 Å². The number of piperazine rings is 1. The van der Waals surface area contributed by atoms with Crippen LogP contribution >= 0.6 is 0 Å². The van der Waals surface area contributed by atoms with Gasteiger partial charge in [-0.05, 0) is 12.1 Å². The van der Waals surface area contributed by atoms with Crippen LogP contribution in [0.3, 0.4) is 0 Å². The first-order valence-corrected chi connectivity index (χ1v) is 11.2. The third-order valence-corrected chi connectivity index (χ3v) is 6.34.